The molecule has 0 aliphatic heterocycles. The summed E-state index contributed by atoms with van der Waals surface area (Å²) in [5, 5.41) is 9.57. The molecule has 0 amide bonds. The Hall–Kier alpha value is -1.65. The topological polar surface area (TPSA) is 38.7 Å². The smallest absolute Gasteiger partial charge is 0.119 e. The third-order valence-corrected chi connectivity index (χ3v) is 3.98. The Kier molecular flexibility index (Phi) is 5.96. The zero-order valence-corrected chi connectivity index (χ0v) is 13.1. The van der Waals surface area contributed by atoms with Crippen molar-refractivity contribution in [1.82, 2.24) is 0 Å². The monoisotopic (exact) mass is 304 g/mol. The van der Waals surface area contributed by atoms with Gasteiger partial charge in [-0.25, -0.2) is 0 Å². The largest absolute Gasteiger partial charge is 0.497 e. The second-order valence-corrected chi connectivity index (χ2v) is 5.79. The van der Waals surface area contributed by atoms with E-state index in [0.717, 1.165) is 27.7 Å². The van der Waals surface area contributed by atoms with Crippen molar-refractivity contribution in [3.8, 4) is 11.5 Å². The number of rotatable bonds is 7. The van der Waals surface area contributed by atoms with Crippen molar-refractivity contribution in [1.29, 1.82) is 0 Å². The Labute approximate surface area is 129 Å². The first-order valence-corrected chi connectivity index (χ1v) is 7.85. The molecule has 1 N–H and O–H groups in total. The lowest BCUT2D eigenvalue weighted by Gasteiger charge is -2.09. The second kappa shape index (κ2) is 7.96. The van der Waals surface area contributed by atoms with Crippen molar-refractivity contribution in [2.75, 3.05) is 19.5 Å². The molecule has 0 bridgehead atoms. The maximum absolute atomic E-state index is 9.57. The van der Waals surface area contributed by atoms with Crippen LogP contribution in [0.2, 0.25) is 0 Å². The first-order valence-electron chi connectivity index (χ1n) is 6.86. The van der Waals surface area contributed by atoms with Gasteiger partial charge in [0.25, 0.3) is 0 Å². The number of methoxy groups -OCH3 is 1. The molecular formula is C17H20O3S. The summed E-state index contributed by atoms with van der Waals surface area (Å²) in [6, 6.07) is 15.5. The van der Waals surface area contributed by atoms with E-state index < -0.39 is 6.10 Å². The average Bonchev–Trinajstić information content (AvgIpc) is 2.52. The zero-order chi connectivity index (χ0) is 15.1. The third kappa shape index (κ3) is 4.99. The second-order valence-electron chi connectivity index (χ2n) is 4.62. The van der Waals surface area contributed by atoms with E-state index in [1.54, 1.807) is 25.8 Å². The molecule has 21 heavy (non-hydrogen) atoms. The predicted octanol–water partition coefficient (Wildman–Crippen LogP) is 3.92. The number of benzene rings is 2. The lowest BCUT2D eigenvalue weighted by Crippen LogP contribution is -2.00. The third-order valence-electron chi connectivity index (χ3n) is 3.02. The molecule has 1 unspecified atom stereocenters. The van der Waals surface area contributed by atoms with Crippen LogP contribution >= 0.6 is 11.8 Å². The summed E-state index contributed by atoms with van der Waals surface area (Å²) < 4.78 is 10.8. The van der Waals surface area contributed by atoms with E-state index in [1.165, 1.54) is 0 Å². The molecule has 2 aromatic rings. The van der Waals surface area contributed by atoms with Gasteiger partial charge in [-0.1, -0.05) is 12.1 Å². The summed E-state index contributed by atoms with van der Waals surface area (Å²) in [6.07, 6.45) is -0.430. The Morgan fingerprint density at radius 2 is 1.81 bits per heavy atom. The van der Waals surface area contributed by atoms with E-state index in [-0.39, 0.29) is 0 Å². The van der Waals surface area contributed by atoms with Crippen LogP contribution in [0.4, 0.5) is 0 Å². The van der Waals surface area contributed by atoms with Crippen LogP contribution in [0.3, 0.4) is 0 Å². The van der Waals surface area contributed by atoms with Crippen molar-refractivity contribution in [3.05, 3.63) is 54.1 Å². The van der Waals surface area contributed by atoms with Crippen LogP contribution in [0.15, 0.2) is 53.4 Å². The highest BCUT2D eigenvalue weighted by atomic mass is 32.2. The minimum atomic E-state index is -0.430. The molecular weight excluding hydrogens is 284 g/mol. The molecule has 0 heterocycles. The lowest BCUT2D eigenvalue weighted by molar-refractivity contribution is 0.199. The van der Waals surface area contributed by atoms with Crippen LogP contribution in [0.25, 0.3) is 0 Å². The van der Waals surface area contributed by atoms with E-state index >= 15 is 0 Å². The zero-order valence-electron chi connectivity index (χ0n) is 12.3. The van der Waals surface area contributed by atoms with Crippen LogP contribution in [0.5, 0.6) is 11.5 Å². The molecule has 0 aromatic heterocycles. The molecule has 0 spiro atoms. The van der Waals surface area contributed by atoms with Gasteiger partial charge in [-0.2, -0.15) is 0 Å². The molecule has 0 aliphatic rings. The molecule has 2 aromatic carbocycles. The maximum Gasteiger partial charge on any atom is 0.119 e. The fourth-order valence-corrected chi connectivity index (χ4v) is 2.65. The summed E-state index contributed by atoms with van der Waals surface area (Å²) in [4.78, 5) is 1.15. The highest BCUT2D eigenvalue weighted by Crippen LogP contribution is 2.23. The van der Waals surface area contributed by atoms with Gasteiger partial charge in [-0.3, -0.25) is 0 Å². The minimum Gasteiger partial charge on any atom is -0.497 e. The molecule has 0 aliphatic carbocycles. The summed E-state index contributed by atoms with van der Waals surface area (Å²) in [5.41, 5.74) is 0.941. The van der Waals surface area contributed by atoms with Crippen molar-refractivity contribution in [3.63, 3.8) is 0 Å². The normalized spacial score (nSPS) is 12.0. The summed E-state index contributed by atoms with van der Waals surface area (Å²) in [7, 11) is 1.65. The van der Waals surface area contributed by atoms with Crippen molar-refractivity contribution >= 4 is 11.8 Å². The first kappa shape index (κ1) is 15.7. The fraction of sp³-hybridized carbons (Fsp3) is 0.294. The fourth-order valence-electron chi connectivity index (χ4n) is 1.86. The number of ether oxygens (including phenoxy) is 2. The van der Waals surface area contributed by atoms with E-state index in [4.69, 9.17) is 9.47 Å². The highest BCUT2D eigenvalue weighted by Gasteiger charge is 2.02. The van der Waals surface area contributed by atoms with Gasteiger partial charge in [-0.15, -0.1) is 11.8 Å². The lowest BCUT2D eigenvalue weighted by atomic mass is 10.1. The summed E-state index contributed by atoms with van der Waals surface area (Å²) >= 11 is 1.72. The van der Waals surface area contributed by atoms with Crippen molar-refractivity contribution < 1.29 is 14.6 Å². The van der Waals surface area contributed by atoms with Gasteiger partial charge in [0.05, 0.1) is 19.8 Å². The number of hydrogen-bond donors (Lipinski definition) is 1. The van der Waals surface area contributed by atoms with Gasteiger partial charge in [0.2, 0.25) is 0 Å². The molecule has 0 saturated heterocycles. The maximum atomic E-state index is 9.57. The average molecular weight is 304 g/mol. The Bertz CT molecular complexity index is 552. The minimum absolute atomic E-state index is 0.430. The standard InChI is InChI=1S/C17H20O3S/c1-13(18)14-4-3-5-17(12-14)21-11-10-20-16-8-6-15(19-2)7-9-16/h3-9,12-13,18H,10-11H2,1-2H3. The first-order chi connectivity index (χ1) is 10.2. The van der Waals surface area contributed by atoms with Crippen LogP contribution in [0.1, 0.15) is 18.6 Å². The van der Waals surface area contributed by atoms with Crippen LogP contribution in [0, 0.1) is 0 Å². The molecule has 3 nitrogen and oxygen atoms in total. The molecule has 1 atom stereocenters. The molecule has 0 saturated carbocycles. The highest BCUT2D eigenvalue weighted by molar-refractivity contribution is 7.99. The SMILES string of the molecule is COc1ccc(OCCSc2cccc(C(C)O)c2)cc1. The van der Waals surface area contributed by atoms with E-state index in [0.29, 0.717) is 6.61 Å². The van der Waals surface area contributed by atoms with E-state index in [9.17, 15) is 5.11 Å². The van der Waals surface area contributed by atoms with Gasteiger partial charge >= 0.3 is 0 Å². The Balaban J connectivity index is 1.77. The van der Waals surface area contributed by atoms with E-state index in [1.807, 2.05) is 48.5 Å². The molecule has 4 heteroatoms. The van der Waals surface area contributed by atoms with Crippen molar-refractivity contribution in [2.24, 2.45) is 0 Å². The summed E-state index contributed by atoms with van der Waals surface area (Å²) in [5.74, 6) is 2.52. The Morgan fingerprint density at radius 1 is 1.10 bits per heavy atom. The van der Waals surface area contributed by atoms with E-state index in [2.05, 4.69) is 0 Å². The van der Waals surface area contributed by atoms with Gasteiger partial charge in [0.1, 0.15) is 11.5 Å². The van der Waals surface area contributed by atoms with Gasteiger partial charge in [-0.05, 0) is 48.9 Å². The summed E-state index contributed by atoms with van der Waals surface area (Å²) in [6.45, 7) is 2.41. The van der Waals surface area contributed by atoms with Gasteiger partial charge in [0, 0.05) is 10.6 Å². The quantitative estimate of drug-likeness (QED) is 0.621. The van der Waals surface area contributed by atoms with Crippen LogP contribution in [-0.4, -0.2) is 24.6 Å². The van der Waals surface area contributed by atoms with Crippen molar-refractivity contribution in [2.45, 2.75) is 17.9 Å². The predicted molar refractivity (Wildman–Crippen MR) is 86.3 cm³/mol. The number of aliphatic hydroxyl groups excluding tert-OH is 1. The van der Waals surface area contributed by atoms with Crippen LogP contribution in [-0.2, 0) is 0 Å². The molecule has 2 rings (SSSR count). The molecule has 112 valence electrons. The number of aliphatic hydroxyl groups is 1. The number of hydrogen-bond acceptors (Lipinski definition) is 4. The number of thioether (sulfide) groups is 1. The molecule has 0 fully saturated rings. The Morgan fingerprint density at radius 3 is 2.48 bits per heavy atom. The van der Waals surface area contributed by atoms with Gasteiger partial charge in [0.15, 0.2) is 0 Å². The van der Waals surface area contributed by atoms with Gasteiger partial charge < -0.3 is 14.6 Å². The molecule has 0 radical (unpaired) electrons. The van der Waals surface area contributed by atoms with Crippen LogP contribution < -0.4 is 9.47 Å².